The van der Waals surface area contributed by atoms with Gasteiger partial charge in [0.05, 0.1) is 25.3 Å². The number of aliphatic hydroxyl groups excluding tert-OH is 1. The first-order chi connectivity index (χ1) is 17.3. The molecule has 1 unspecified atom stereocenters. The Hall–Kier alpha value is -4.06. The molecule has 36 heavy (non-hydrogen) atoms. The maximum absolute atomic E-state index is 13.5. The topological polar surface area (TPSA) is 76.1 Å². The molecule has 1 N–H and O–H groups in total. The predicted molar refractivity (Wildman–Crippen MR) is 141 cm³/mol. The molecule has 6 heteroatoms. The zero-order chi connectivity index (χ0) is 26.0. The van der Waals surface area contributed by atoms with Gasteiger partial charge < -0.3 is 14.6 Å². The zero-order valence-corrected chi connectivity index (χ0v) is 21.2. The van der Waals surface area contributed by atoms with Gasteiger partial charge in [0.1, 0.15) is 17.3 Å². The first kappa shape index (κ1) is 25.0. The summed E-state index contributed by atoms with van der Waals surface area (Å²) in [5.41, 5.74) is 3.58. The van der Waals surface area contributed by atoms with Gasteiger partial charge in [0.2, 0.25) is 0 Å². The minimum Gasteiger partial charge on any atom is -0.507 e. The Morgan fingerprint density at radius 3 is 2.44 bits per heavy atom. The number of aryl methyl sites for hydroxylation is 1. The Kier molecular flexibility index (Phi) is 7.15. The molecule has 1 aliphatic rings. The highest BCUT2D eigenvalue weighted by molar-refractivity contribution is 6.51. The second-order valence-electron chi connectivity index (χ2n) is 9.13. The fourth-order valence-electron chi connectivity index (χ4n) is 4.62. The Morgan fingerprint density at radius 2 is 1.78 bits per heavy atom. The van der Waals surface area contributed by atoms with Crippen molar-refractivity contribution in [2.45, 2.75) is 39.7 Å². The van der Waals surface area contributed by atoms with E-state index in [-0.39, 0.29) is 17.3 Å². The first-order valence-electron chi connectivity index (χ1n) is 12.1. The van der Waals surface area contributed by atoms with E-state index < -0.39 is 17.7 Å². The van der Waals surface area contributed by atoms with Crippen LogP contribution in [0.25, 0.3) is 5.76 Å². The molecule has 0 aromatic heterocycles. The molecule has 3 aromatic rings. The van der Waals surface area contributed by atoms with Crippen molar-refractivity contribution >= 4 is 23.1 Å². The van der Waals surface area contributed by atoms with E-state index in [1.54, 1.807) is 25.3 Å². The summed E-state index contributed by atoms with van der Waals surface area (Å²) >= 11 is 0. The highest BCUT2D eigenvalue weighted by atomic mass is 16.5. The van der Waals surface area contributed by atoms with Crippen molar-refractivity contribution in [1.29, 1.82) is 0 Å². The van der Waals surface area contributed by atoms with E-state index in [2.05, 4.69) is 0 Å². The van der Waals surface area contributed by atoms with Crippen LogP contribution < -0.4 is 14.4 Å². The highest BCUT2D eigenvalue weighted by Crippen LogP contribution is 2.43. The van der Waals surface area contributed by atoms with E-state index in [1.807, 2.05) is 76.2 Å². The lowest BCUT2D eigenvalue weighted by Crippen LogP contribution is -2.29. The average Bonchev–Trinajstić information content (AvgIpc) is 3.13. The third-order valence-electron chi connectivity index (χ3n) is 6.33. The van der Waals surface area contributed by atoms with Gasteiger partial charge in [0.15, 0.2) is 0 Å². The van der Waals surface area contributed by atoms with E-state index in [1.165, 1.54) is 4.90 Å². The van der Waals surface area contributed by atoms with E-state index in [9.17, 15) is 14.7 Å². The molecule has 1 atom stereocenters. The number of carbonyl (C=O) groups is 2. The van der Waals surface area contributed by atoms with Crippen molar-refractivity contribution in [3.8, 4) is 11.5 Å². The predicted octanol–water partition coefficient (Wildman–Crippen LogP) is 6.15. The minimum absolute atomic E-state index is 0.0371. The standard InChI is InChI=1S/C30H31NO5/c1-6-36-23-12-8-10-20(16-23)27-26(28(32)21-13-14-25(35-5)24(17-21)18(2)3)29(33)30(34)31(27)22-11-7-9-19(4)15-22/h7-18,27,32H,6H2,1-5H3/b28-26+. The van der Waals surface area contributed by atoms with Crippen LogP contribution in [0.15, 0.2) is 72.3 Å². The summed E-state index contributed by atoms with van der Waals surface area (Å²) in [7, 11) is 1.60. The molecule has 0 spiro atoms. The first-order valence-corrected chi connectivity index (χ1v) is 12.1. The smallest absolute Gasteiger partial charge is 0.300 e. The van der Waals surface area contributed by atoms with Gasteiger partial charge in [-0.3, -0.25) is 14.5 Å². The van der Waals surface area contributed by atoms with E-state index >= 15 is 0 Å². The fourth-order valence-corrected chi connectivity index (χ4v) is 4.62. The molecule has 1 heterocycles. The molecule has 0 radical (unpaired) electrons. The third kappa shape index (κ3) is 4.59. The van der Waals surface area contributed by atoms with Crippen molar-refractivity contribution in [2.75, 3.05) is 18.6 Å². The summed E-state index contributed by atoms with van der Waals surface area (Å²) in [5, 5.41) is 11.5. The molecule has 1 fully saturated rings. The Labute approximate surface area is 211 Å². The molecule has 1 aliphatic heterocycles. The van der Waals surface area contributed by atoms with Gasteiger partial charge in [-0.2, -0.15) is 0 Å². The van der Waals surface area contributed by atoms with E-state index in [0.717, 1.165) is 11.1 Å². The number of benzene rings is 3. The van der Waals surface area contributed by atoms with Gasteiger partial charge in [-0.05, 0) is 78.9 Å². The van der Waals surface area contributed by atoms with Gasteiger partial charge >= 0.3 is 0 Å². The normalized spacial score (nSPS) is 17.1. The Bertz CT molecular complexity index is 1340. The number of anilines is 1. The number of nitrogens with zero attached hydrogens (tertiary/aromatic N) is 1. The van der Waals surface area contributed by atoms with Gasteiger partial charge in [0.25, 0.3) is 11.7 Å². The van der Waals surface area contributed by atoms with Gasteiger partial charge in [-0.1, -0.05) is 38.1 Å². The lowest BCUT2D eigenvalue weighted by Gasteiger charge is -2.26. The number of hydrogen-bond acceptors (Lipinski definition) is 5. The van der Waals surface area contributed by atoms with Gasteiger partial charge in [-0.15, -0.1) is 0 Å². The molecule has 6 nitrogen and oxygen atoms in total. The van der Waals surface area contributed by atoms with Crippen LogP contribution in [0.1, 0.15) is 55.0 Å². The van der Waals surface area contributed by atoms with Crippen LogP contribution in [0.3, 0.4) is 0 Å². The molecule has 0 bridgehead atoms. The molecule has 186 valence electrons. The number of carbonyl (C=O) groups excluding carboxylic acids is 2. The maximum atomic E-state index is 13.5. The molecule has 1 saturated heterocycles. The number of ether oxygens (including phenoxy) is 2. The lowest BCUT2D eigenvalue weighted by molar-refractivity contribution is -0.132. The van der Waals surface area contributed by atoms with E-state index in [4.69, 9.17) is 9.47 Å². The zero-order valence-electron chi connectivity index (χ0n) is 21.2. The third-order valence-corrected chi connectivity index (χ3v) is 6.33. The number of rotatable bonds is 7. The number of aliphatic hydroxyl groups is 1. The van der Waals surface area contributed by atoms with Crippen LogP contribution in [-0.2, 0) is 9.59 Å². The van der Waals surface area contributed by atoms with Gasteiger partial charge in [0, 0.05) is 11.3 Å². The Balaban J connectivity index is 1.95. The van der Waals surface area contributed by atoms with Crippen LogP contribution in [-0.4, -0.2) is 30.5 Å². The van der Waals surface area contributed by atoms with Crippen molar-refractivity contribution in [3.05, 3.63) is 94.6 Å². The molecule has 3 aromatic carbocycles. The second kappa shape index (κ2) is 10.3. The number of hydrogen-bond donors (Lipinski definition) is 1. The van der Waals surface area contributed by atoms with Crippen LogP contribution in [0.4, 0.5) is 5.69 Å². The van der Waals surface area contributed by atoms with Crippen molar-refractivity contribution < 1.29 is 24.2 Å². The summed E-state index contributed by atoms with van der Waals surface area (Å²) < 4.78 is 11.2. The van der Waals surface area contributed by atoms with Crippen molar-refractivity contribution in [1.82, 2.24) is 0 Å². The number of amides is 1. The highest BCUT2D eigenvalue weighted by Gasteiger charge is 2.47. The van der Waals surface area contributed by atoms with Crippen LogP contribution in [0.2, 0.25) is 0 Å². The molecule has 0 saturated carbocycles. The molecular formula is C30H31NO5. The molecule has 0 aliphatic carbocycles. The van der Waals surface area contributed by atoms with Crippen LogP contribution in [0, 0.1) is 6.92 Å². The maximum Gasteiger partial charge on any atom is 0.300 e. The largest absolute Gasteiger partial charge is 0.507 e. The summed E-state index contributed by atoms with van der Waals surface area (Å²) in [6.07, 6.45) is 0. The second-order valence-corrected chi connectivity index (χ2v) is 9.13. The van der Waals surface area contributed by atoms with Crippen molar-refractivity contribution in [3.63, 3.8) is 0 Å². The lowest BCUT2D eigenvalue weighted by atomic mass is 9.93. The summed E-state index contributed by atoms with van der Waals surface area (Å²) in [6.45, 7) is 8.34. The van der Waals surface area contributed by atoms with Crippen LogP contribution in [0.5, 0.6) is 11.5 Å². The molecule has 4 rings (SSSR count). The number of Topliss-reactive ketones (excluding diaryl/α,β-unsaturated/α-hetero) is 1. The van der Waals surface area contributed by atoms with Gasteiger partial charge in [-0.25, -0.2) is 0 Å². The van der Waals surface area contributed by atoms with E-state index in [0.29, 0.717) is 34.9 Å². The monoisotopic (exact) mass is 485 g/mol. The Morgan fingerprint density at radius 1 is 1.03 bits per heavy atom. The van der Waals surface area contributed by atoms with Crippen molar-refractivity contribution in [2.24, 2.45) is 0 Å². The summed E-state index contributed by atoms with van der Waals surface area (Å²) in [4.78, 5) is 28.3. The molecular weight excluding hydrogens is 454 g/mol. The SMILES string of the molecule is CCOc1cccc(C2/C(=C(\O)c3ccc(OC)c(C(C)C)c3)C(=O)C(=O)N2c2cccc(C)c2)c1. The minimum atomic E-state index is -0.822. The quantitative estimate of drug-likeness (QED) is 0.247. The number of methoxy groups -OCH3 is 1. The molecule has 1 amide bonds. The summed E-state index contributed by atoms with van der Waals surface area (Å²) in [5.74, 6) is -0.200. The van der Waals surface area contributed by atoms with Crippen LogP contribution >= 0.6 is 0 Å². The number of ketones is 1. The summed E-state index contributed by atoms with van der Waals surface area (Å²) in [6, 6.07) is 19.2. The fraction of sp³-hybridized carbons (Fsp3) is 0.267. The average molecular weight is 486 g/mol.